The molecule has 1 amide bonds. The number of benzene rings is 1. The van der Waals surface area contributed by atoms with E-state index in [2.05, 4.69) is 4.98 Å². The highest BCUT2D eigenvalue weighted by atomic mass is 35.5. The van der Waals surface area contributed by atoms with Crippen molar-refractivity contribution >= 4 is 34.4 Å². The molecule has 0 spiro atoms. The highest BCUT2D eigenvalue weighted by molar-refractivity contribution is 6.38. The van der Waals surface area contributed by atoms with Gasteiger partial charge in [0, 0.05) is 17.4 Å². The number of ether oxygens (including phenoxy) is 1. The second-order valence-electron chi connectivity index (χ2n) is 4.93. The van der Waals surface area contributed by atoms with Gasteiger partial charge in [0.2, 0.25) is 0 Å². The second-order valence-corrected chi connectivity index (χ2v) is 5.31. The van der Waals surface area contributed by atoms with Crippen molar-refractivity contribution < 1.29 is 23.8 Å². The summed E-state index contributed by atoms with van der Waals surface area (Å²) < 4.78 is 18.4. The Labute approximate surface area is 129 Å². The van der Waals surface area contributed by atoms with Crippen LogP contribution in [0.15, 0.2) is 18.2 Å². The lowest BCUT2D eigenvalue weighted by molar-refractivity contribution is -0.147. The monoisotopic (exact) mass is 326 g/mol. The first-order valence-electron chi connectivity index (χ1n) is 6.57. The van der Waals surface area contributed by atoms with E-state index in [0.29, 0.717) is 10.9 Å². The minimum atomic E-state index is -1.15. The number of morpholine rings is 1. The van der Waals surface area contributed by atoms with Gasteiger partial charge in [-0.25, -0.2) is 9.18 Å². The van der Waals surface area contributed by atoms with Gasteiger partial charge in [-0.15, -0.1) is 0 Å². The molecule has 2 heterocycles. The predicted molar refractivity (Wildman–Crippen MR) is 76.5 cm³/mol. The van der Waals surface area contributed by atoms with Crippen LogP contribution in [0.5, 0.6) is 0 Å². The highest BCUT2D eigenvalue weighted by Gasteiger charge is 2.35. The van der Waals surface area contributed by atoms with Gasteiger partial charge in [0.25, 0.3) is 5.91 Å². The molecule has 1 saturated heterocycles. The van der Waals surface area contributed by atoms with Crippen molar-refractivity contribution in [1.82, 2.24) is 9.88 Å². The summed E-state index contributed by atoms with van der Waals surface area (Å²) >= 11 is 6.15. The Bertz CT molecular complexity index is 761. The number of aromatic nitrogens is 1. The van der Waals surface area contributed by atoms with E-state index in [1.807, 2.05) is 0 Å². The number of amides is 1. The molecular weight excluding hydrogens is 315 g/mol. The van der Waals surface area contributed by atoms with E-state index in [-0.39, 0.29) is 30.5 Å². The van der Waals surface area contributed by atoms with E-state index in [4.69, 9.17) is 16.3 Å². The average molecular weight is 327 g/mol. The number of hydrogen-bond acceptors (Lipinski definition) is 3. The highest BCUT2D eigenvalue weighted by Crippen LogP contribution is 2.29. The van der Waals surface area contributed by atoms with Crippen LogP contribution in [0.25, 0.3) is 10.9 Å². The van der Waals surface area contributed by atoms with Crippen LogP contribution in [0.2, 0.25) is 5.02 Å². The van der Waals surface area contributed by atoms with Crippen molar-refractivity contribution in [2.75, 3.05) is 19.8 Å². The molecule has 1 unspecified atom stereocenters. The molecule has 1 atom stereocenters. The van der Waals surface area contributed by atoms with Gasteiger partial charge in [-0.05, 0) is 18.2 Å². The standard InChI is InChI=1S/C14H12ClFN2O4/c15-11-8-5-7(16)1-2-9(8)17-12(11)13(19)18-3-4-22-6-10(18)14(20)21/h1-2,5,10,17H,3-4,6H2,(H,20,21). The van der Waals surface area contributed by atoms with Crippen LogP contribution in [-0.2, 0) is 9.53 Å². The van der Waals surface area contributed by atoms with Crippen molar-refractivity contribution in [1.29, 1.82) is 0 Å². The summed E-state index contributed by atoms with van der Waals surface area (Å²) in [6, 6.07) is 2.87. The van der Waals surface area contributed by atoms with Crippen LogP contribution in [0, 0.1) is 5.82 Å². The Kier molecular flexibility index (Phi) is 3.76. The first-order valence-corrected chi connectivity index (χ1v) is 6.95. The SMILES string of the molecule is O=C(O)C1COCCN1C(=O)c1[nH]c2ccc(F)cc2c1Cl. The van der Waals surface area contributed by atoms with E-state index < -0.39 is 23.7 Å². The van der Waals surface area contributed by atoms with Crippen molar-refractivity contribution in [2.24, 2.45) is 0 Å². The number of nitrogens with zero attached hydrogens (tertiary/aromatic N) is 1. The second kappa shape index (κ2) is 5.58. The summed E-state index contributed by atoms with van der Waals surface area (Å²) in [5, 5.41) is 9.64. The van der Waals surface area contributed by atoms with Gasteiger partial charge in [0.1, 0.15) is 11.5 Å². The molecule has 0 radical (unpaired) electrons. The first kappa shape index (κ1) is 14.8. The zero-order valence-electron chi connectivity index (χ0n) is 11.3. The summed E-state index contributed by atoms with van der Waals surface area (Å²) in [4.78, 5) is 27.8. The summed E-state index contributed by atoms with van der Waals surface area (Å²) in [6.45, 7) is 0.325. The molecule has 8 heteroatoms. The lowest BCUT2D eigenvalue weighted by Gasteiger charge is -2.32. The number of carbonyl (C=O) groups excluding carboxylic acids is 1. The fourth-order valence-electron chi connectivity index (χ4n) is 2.47. The van der Waals surface area contributed by atoms with Crippen LogP contribution >= 0.6 is 11.6 Å². The molecule has 1 aromatic carbocycles. The van der Waals surface area contributed by atoms with Gasteiger partial charge in [0.15, 0.2) is 6.04 Å². The lowest BCUT2D eigenvalue weighted by atomic mass is 10.2. The van der Waals surface area contributed by atoms with Gasteiger partial charge in [-0.1, -0.05) is 11.6 Å². The Morgan fingerprint density at radius 2 is 2.23 bits per heavy atom. The fourth-order valence-corrected chi connectivity index (χ4v) is 2.76. The number of rotatable bonds is 2. The number of halogens is 2. The Balaban J connectivity index is 2.01. The molecule has 2 aromatic rings. The smallest absolute Gasteiger partial charge is 0.328 e. The molecule has 2 N–H and O–H groups in total. The maximum absolute atomic E-state index is 13.3. The number of aliphatic carboxylic acids is 1. The third-order valence-corrected chi connectivity index (χ3v) is 3.98. The predicted octanol–water partition coefficient (Wildman–Crippen LogP) is 1.89. The number of fused-ring (bicyclic) bond motifs is 1. The summed E-state index contributed by atoms with van der Waals surface area (Å²) in [6.07, 6.45) is 0. The van der Waals surface area contributed by atoms with Crippen molar-refractivity contribution in [3.63, 3.8) is 0 Å². The summed E-state index contributed by atoms with van der Waals surface area (Å²) in [5.41, 5.74) is 0.560. The largest absolute Gasteiger partial charge is 0.480 e. The molecule has 0 aliphatic carbocycles. The molecule has 22 heavy (non-hydrogen) atoms. The zero-order chi connectivity index (χ0) is 15.9. The van der Waals surface area contributed by atoms with Gasteiger partial charge < -0.3 is 19.7 Å². The lowest BCUT2D eigenvalue weighted by Crippen LogP contribution is -2.52. The van der Waals surface area contributed by atoms with Crippen LogP contribution in [0.4, 0.5) is 4.39 Å². The maximum Gasteiger partial charge on any atom is 0.328 e. The molecule has 0 saturated carbocycles. The van der Waals surface area contributed by atoms with Gasteiger partial charge in [-0.3, -0.25) is 4.79 Å². The number of carbonyl (C=O) groups is 2. The molecule has 6 nitrogen and oxygen atoms in total. The molecule has 1 aliphatic rings. The number of nitrogens with one attached hydrogen (secondary N) is 1. The van der Waals surface area contributed by atoms with Gasteiger partial charge in [-0.2, -0.15) is 0 Å². The summed E-state index contributed by atoms with van der Waals surface area (Å²) in [5.74, 6) is -2.16. The van der Waals surface area contributed by atoms with E-state index >= 15 is 0 Å². The van der Waals surface area contributed by atoms with Crippen molar-refractivity contribution in [2.45, 2.75) is 6.04 Å². The van der Waals surface area contributed by atoms with Gasteiger partial charge in [0.05, 0.1) is 18.2 Å². The number of carboxylic acids is 1. The van der Waals surface area contributed by atoms with Gasteiger partial charge >= 0.3 is 5.97 Å². The molecule has 0 bridgehead atoms. The molecular formula is C14H12ClFN2O4. The van der Waals surface area contributed by atoms with E-state index in [1.54, 1.807) is 0 Å². The van der Waals surface area contributed by atoms with Crippen LogP contribution in [0.1, 0.15) is 10.5 Å². The molecule has 116 valence electrons. The maximum atomic E-state index is 13.3. The van der Waals surface area contributed by atoms with E-state index in [9.17, 15) is 19.1 Å². The first-order chi connectivity index (χ1) is 10.5. The van der Waals surface area contributed by atoms with E-state index in [0.717, 1.165) is 0 Å². The minimum absolute atomic E-state index is 0.0513. The fraction of sp³-hybridized carbons (Fsp3) is 0.286. The number of carboxylic acid groups (broad SMARTS) is 1. The van der Waals surface area contributed by atoms with Crippen LogP contribution < -0.4 is 0 Å². The third-order valence-electron chi connectivity index (χ3n) is 3.59. The Morgan fingerprint density at radius 3 is 2.95 bits per heavy atom. The Morgan fingerprint density at radius 1 is 1.45 bits per heavy atom. The average Bonchev–Trinajstić information content (AvgIpc) is 2.83. The third kappa shape index (κ3) is 2.42. The van der Waals surface area contributed by atoms with E-state index in [1.165, 1.54) is 23.1 Å². The minimum Gasteiger partial charge on any atom is -0.480 e. The molecule has 1 aliphatic heterocycles. The summed E-state index contributed by atoms with van der Waals surface area (Å²) in [7, 11) is 0. The molecule has 3 rings (SSSR count). The number of hydrogen-bond donors (Lipinski definition) is 2. The topological polar surface area (TPSA) is 82.6 Å². The number of H-pyrrole nitrogens is 1. The van der Waals surface area contributed by atoms with Crippen LogP contribution in [-0.4, -0.2) is 52.7 Å². The Hall–Kier alpha value is -2.12. The quantitative estimate of drug-likeness (QED) is 0.883. The van der Waals surface area contributed by atoms with Crippen LogP contribution in [0.3, 0.4) is 0 Å². The molecule has 1 aromatic heterocycles. The van der Waals surface area contributed by atoms with Crippen molar-refractivity contribution in [3.8, 4) is 0 Å². The normalized spacial score (nSPS) is 18.6. The number of aromatic amines is 1. The molecule has 1 fully saturated rings. The van der Waals surface area contributed by atoms with Crippen molar-refractivity contribution in [3.05, 3.63) is 34.7 Å². The zero-order valence-corrected chi connectivity index (χ0v) is 12.1.